The zero-order valence-corrected chi connectivity index (χ0v) is 11.0. The Labute approximate surface area is 115 Å². The van der Waals surface area contributed by atoms with Gasteiger partial charge in [0.1, 0.15) is 5.82 Å². The first-order valence-corrected chi connectivity index (χ1v) is 6.61. The highest BCUT2D eigenvalue weighted by atomic mass is 19.3. The summed E-state index contributed by atoms with van der Waals surface area (Å²) in [5.41, 5.74) is 0.421. The van der Waals surface area contributed by atoms with E-state index < -0.39 is 12.2 Å². The van der Waals surface area contributed by atoms with Crippen LogP contribution in [0.5, 0.6) is 0 Å². The third-order valence-electron chi connectivity index (χ3n) is 3.45. The lowest BCUT2D eigenvalue weighted by molar-refractivity contribution is -0.121. The maximum atomic E-state index is 13.0. The van der Waals surface area contributed by atoms with Gasteiger partial charge < -0.3 is 5.32 Å². The van der Waals surface area contributed by atoms with Crippen molar-refractivity contribution >= 4 is 11.6 Å². The van der Waals surface area contributed by atoms with E-state index in [2.05, 4.69) is 5.32 Å². The fraction of sp³-hybridized carbons (Fsp3) is 0.500. The summed E-state index contributed by atoms with van der Waals surface area (Å²) in [5.74, 6) is -0.783. The smallest absolute Gasteiger partial charge is 0.251 e. The molecular formula is C14H17F3N2O. The predicted octanol–water partition coefficient (Wildman–Crippen LogP) is 2.74. The number of anilines is 1. The lowest BCUT2D eigenvalue weighted by Crippen LogP contribution is -2.40. The van der Waals surface area contributed by atoms with E-state index >= 15 is 0 Å². The van der Waals surface area contributed by atoms with E-state index in [1.165, 1.54) is 18.2 Å². The highest BCUT2D eigenvalue weighted by Gasteiger charge is 2.26. The van der Waals surface area contributed by atoms with Crippen LogP contribution in [-0.4, -0.2) is 36.9 Å². The van der Waals surface area contributed by atoms with Gasteiger partial charge in [-0.1, -0.05) is 6.07 Å². The van der Waals surface area contributed by atoms with E-state index in [0.29, 0.717) is 31.6 Å². The average Bonchev–Trinajstić information content (AvgIpc) is 2.38. The SMILES string of the molecule is O=C(Nc1cccc(F)c1)C1CCN(CC(F)F)CC1. The molecule has 1 aliphatic rings. The van der Waals surface area contributed by atoms with Gasteiger partial charge in [0.2, 0.25) is 5.91 Å². The first-order valence-electron chi connectivity index (χ1n) is 6.61. The van der Waals surface area contributed by atoms with E-state index in [-0.39, 0.29) is 18.4 Å². The number of hydrogen-bond acceptors (Lipinski definition) is 2. The van der Waals surface area contributed by atoms with Gasteiger partial charge in [-0.15, -0.1) is 0 Å². The van der Waals surface area contributed by atoms with Crippen molar-refractivity contribution in [3.8, 4) is 0 Å². The first-order chi connectivity index (χ1) is 9.54. The van der Waals surface area contributed by atoms with Crippen molar-refractivity contribution in [3.05, 3.63) is 30.1 Å². The van der Waals surface area contributed by atoms with Gasteiger partial charge in [0.25, 0.3) is 6.43 Å². The number of halogens is 3. The van der Waals surface area contributed by atoms with Crippen molar-refractivity contribution in [1.82, 2.24) is 4.90 Å². The minimum atomic E-state index is -2.34. The van der Waals surface area contributed by atoms with Crippen molar-refractivity contribution in [2.75, 3.05) is 25.0 Å². The van der Waals surface area contributed by atoms with Gasteiger partial charge in [0.05, 0.1) is 6.54 Å². The van der Waals surface area contributed by atoms with Crippen molar-refractivity contribution in [3.63, 3.8) is 0 Å². The normalized spacial score (nSPS) is 17.4. The Morgan fingerprint density at radius 1 is 1.35 bits per heavy atom. The zero-order valence-electron chi connectivity index (χ0n) is 11.0. The highest BCUT2D eigenvalue weighted by Crippen LogP contribution is 2.20. The molecule has 1 N–H and O–H groups in total. The summed E-state index contributed by atoms with van der Waals surface area (Å²) in [5, 5.41) is 2.66. The van der Waals surface area contributed by atoms with Crippen LogP contribution in [-0.2, 0) is 4.79 Å². The molecule has 3 nitrogen and oxygen atoms in total. The molecular weight excluding hydrogens is 269 g/mol. The van der Waals surface area contributed by atoms with Gasteiger partial charge >= 0.3 is 0 Å². The zero-order chi connectivity index (χ0) is 14.5. The summed E-state index contributed by atoms with van der Waals surface area (Å²) < 4.78 is 37.5. The second-order valence-electron chi connectivity index (χ2n) is 4.97. The number of alkyl halides is 2. The molecule has 2 rings (SSSR count). The van der Waals surface area contributed by atoms with Crippen LogP contribution in [0.1, 0.15) is 12.8 Å². The number of nitrogens with one attached hydrogen (secondary N) is 1. The summed E-state index contributed by atoms with van der Waals surface area (Å²) in [7, 11) is 0. The average molecular weight is 286 g/mol. The number of amides is 1. The molecule has 1 heterocycles. The Hall–Kier alpha value is -1.56. The summed E-state index contributed by atoms with van der Waals surface area (Å²) in [6.07, 6.45) is -1.24. The van der Waals surface area contributed by atoms with Crippen LogP contribution in [0.25, 0.3) is 0 Å². The number of hydrogen-bond donors (Lipinski definition) is 1. The van der Waals surface area contributed by atoms with Crippen molar-refractivity contribution in [1.29, 1.82) is 0 Å². The molecule has 0 aliphatic carbocycles. The molecule has 0 unspecified atom stereocenters. The Morgan fingerprint density at radius 3 is 2.65 bits per heavy atom. The molecule has 1 fully saturated rings. The maximum Gasteiger partial charge on any atom is 0.251 e. The van der Waals surface area contributed by atoms with Gasteiger partial charge in [0, 0.05) is 11.6 Å². The van der Waals surface area contributed by atoms with Crippen LogP contribution in [0.4, 0.5) is 18.9 Å². The molecule has 110 valence electrons. The van der Waals surface area contributed by atoms with Gasteiger partial charge in [-0.3, -0.25) is 9.69 Å². The van der Waals surface area contributed by atoms with E-state index in [0.717, 1.165) is 0 Å². The number of rotatable bonds is 4. The highest BCUT2D eigenvalue weighted by molar-refractivity contribution is 5.92. The number of likely N-dealkylation sites (tertiary alicyclic amines) is 1. The van der Waals surface area contributed by atoms with Gasteiger partial charge in [-0.05, 0) is 44.1 Å². The molecule has 1 amide bonds. The van der Waals surface area contributed by atoms with E-state index in [1.807, 2.05) is 0 Å². The third-order valence-corrected chi connectivity index (χ3v) is 3.45. The van der Waals surface area contributed by atoms with Crippen molar-refractivity contribution < 1.29 is 18.0 Å². The third kappa shape index (κ3) is 4.23. The molecule has 0 radical (unpaired) electrons. The van der Waals surface area contributed by atoms with Gasteiger partial charge in [-0.2, -0.15) is 0 Å². The predicted molar refractivity (Wildman–Crippen MR) is 70.2 cm³/mol. The van der Waals surface area contributed by atoms with Gasteiger partial charge in [0.15, 0.2) is 0 Å². The minimum Gasteiger partial charge on any atom is -0.326 e. The fourth-order valence-corrected chi connectivity index (χ4v) is 2.38. The van der Waals surface area contributed by atoms with Crippen molar-refractivity contribution in [2.45, 2.75) is 19.3 Å². The summed E-state index contributed by atoms with van der Waals surface area (Å²) in [6, 6.07) is 5.70. The molecule has 1 aromatic rings. The number of carbonyl (C=O) groups is 1. The molecule has 0 spiro atoms. The van der Waals surface area contributed by atoms with Crippen LogP contribution in [0.2, 0.25) is 0 Å². The second kappa shape index (κ2) is 6.74. The molecule has 0 aromatic heterocycles. The van der Waals surface area contributed by atoms with E-state index in [9.17, 15) is 18.0 Å². The summed E-state index contributed by atoms with van der Waals surface area (Å²) >= 11 is 0. The fourth-order valence-electron chi connectivity index (χ4n) is 2.38. The maximum absolute atomic E-state index is 13.0. The number of piperidine rings is 1. The van der Waals surface area contributed by atoms with E-state index in [4.69, 9.17) is 0 Å². The second-order valence-corrected chi connectivity index (χ2v) is 4.97. The molecule has 1 aromatic carbocycles. The minimum absolute atomic E-state index is 0.174. The Morgan fingerprint density at radius 2 is 2.05 bits per heavy atom. The van der Waals surface area contributed by atoms with E-state index in [1.54, 1.807) is 11.0 Å². The van der Waals surface area contributed by atoms with Crippen LogP contribution in [0.3, 0.4) is 0 Å². The molecule has 20 heavy (non-hydrogen) atoms. The lowest BCUT2D eigenvalue weighted by atomic mass is 9.96. The molecule has 1 aliphatic heterocycles. The van der Waals surface area contributed by atoms with Gasteiger partial charge in [-0.25, -0.2) is 13.2 Å². The first kappa shape index (κ1) is 14.8. The molecule has 0 saturated carbocycles. The molecule has 0 atom stereocenters. The number of nitrogens with zero attached hydrogens (tertiary/aromatic N) is 1. The quantitative estimate of drug-likeness (QED) is 0.923. The van der Waals surface area contributed by atoms with Crippen LogP contribution in [0, 0.1) is 11.7 Å². The Kier molecular flexibility index (Phi) is 5.00. The summed E-state index contributed by atoms with van der Waals surface area (Å²) in [4.78, 5) is 13.7. The monoisotopic (exact) mass is 286 g/mol. The van der Waals surface area contributed by atoms with Crippen LogP contribution < -0.4 is 5.32 Å². The van der Waals surface area contributed by atoms with Crippen LogP contribution >= 0.6 is 0 Å². The Balaban J connectivity index is 1.83. The molecule has 0 bridgehead atoms. The standard InChI is InChI=1S/C14H17F3N2O/c15-11-2-1-3-12(8-11)18-14(20)10-4-6-19(7-5-10)9-13(16)17/h1-3,8,10,13H,4-7,9H2,(H,18,20). The number of benzene rings is 1. The number of carbonyl (C=O) groups excluding carboxylic acids is 1. The molecule has 6 heteroatoms. The topological polar surface area (TPSA) is 32.3 Å². The van der Waals surface area contributed by atoms with Crippen molar-refractivity contribution in [2.24, 2.45) is 5.92 Å². The lowest BCUT2D eigenvalue weighted by Gasteiger charge is -2.30. The van der Waals surface area contributed by atoms with Crippen LogP contribution in [0.15, 0.2) is 24.3 Å². The molecule has 1 saturated heterocycles. The largest absolute Gasteiger partial charge is 0.326 e. The Bertz CT molecular complexity index is 459. The summed E-state index contributed by atoms with van der Waals surface area (Å²) in [6.45, 7) is 0.745.